The van der Waals surface area contributed by atoms with E-state index in [-0.39, 0.29) is 19.1 Å². The molecule has 1 aliphatic rings. The molecule has 3 N–H and O–H groups in total. The molecule has 2 rings (SSSR count). The first kappa shape index (κ1) is 12.7. The molecule has 0 saturated carbocycles. The number of anilines is 1. The summed E-state index contributed by atoms with van der Waals surface area (Å²) in [5.41, 5.74) is 0.634. The van der Waals surface area contributed by atoms with Crippen LogP contribution in [0.2, 0.25) is 0 Å². The van der Waals surface area contributed by atoms with Gasteiger partial charge in [-0.15, -0.1) is 0 Å². The van der Waals surface area contributed by atoms with E-state index in [4.69, 9.17) is 9.47 Å². The van der Waals surface area contributed by atoms with E-state index in [0.29, 0.717) is 23.7 Å². The smallest absolute Gasteiger partial charge is 0.262 e. The fourth-order valence-electron chi connectivity index (χ4n) is 1.63. The average molecular weight is 252 g/mol. The van der Waals surface area contributed by atoms with Gasteiger partial charge in [0.25, 0.3) is 5.91 Å². The van der Waals surface area contributed by atoms with Crippen LogP contribution in [0.3, 0.4) is 0 Å². The lowest BCUT2D eigenvalue weighted by Gasteiger charge is -2.19. The topological polar surface area (TPSA) is 79.8 Å². The van der Waals surface area contributed by atoms with Crippen LogP contribution in [0.1, 0.15) is 0 Å². The van der Waals surface area contributed by atoms with Gasteiger partial charge in [0, 0.05) is 12.6 Å². The summed E-state index contributed by atoms with van der Waals surface area (Å²) in [5, 5.41) is 15.1. The van der Waals surface area contributed by atoms with Crippen LogP contribution in [0.25, 0.3) is 0 Å². The van der Waals surface area contributed by atoms with Crippen molar-refractivity contribution in [2.75, 3.05) is 32.1 Å². The fraction of sp³-hybridized carbons (Fsp3) is 0.417. The third-order valence-electron chi connectivity index (χ3n) is 2.47. The molecule has 0 aliphatic carbocycles. The zero-order valence-corrected chi connectivity index (χ0v) is 10.1. The number of nitrogens with one attached hydrogen (secondary N) is 2. The summed E-state index contributed by atoms with van der Waals surface area (Å²) in [5.74, 6) is 1.01. The van der Waals surface area contributed by atoms with Gasteiger partial charge in [-0.05, 0) is 19.2 Å². The second-order valence-corrected chi connectivity index (χ2v) is 4.02. The second-order valence-electron chi connectivity index (χ2n) is 4.02. The minimum atomic E-state index is -0.563. The molecule has 1 aromatic rings. The first-order chi connectivity index (χ1) is 8.69. The summed E-state index contributed by atoms with van der Waals surface area (Å²) in [6.07, 6.45) is -0.563. The Hall–Kier alpha value is -1.79. The molecule has 1 atom stereocenters. The van der Waals surface area contributed by atoms with Gasteiger partial charge in [-0.1, -0.05) is 0 Å². The van der Waals surface area contributed by atoms with E-state index >= 15 is 0 Å². The van der Waals surface area contributed by atoms with Crippen LogP contribution in [0.5, 0.6) is 11.5 Å². The lowest BCUT2D eigenvalue weighted by Crippen LogP contribution is -2.29. The lowest BCUT2D eigenvalue weighted by atomic mass is 10.2. The van der Waals surface area contributed by atoms with Crippen molar-refractivity contribution in [3.8, 4) is 11.5 Å². The molecule has 0 radical (unpaired) electrons. The number of aliphatic hydroxyl groups is 1. The predicted octanol–water partition coefficient (Wildman–Crippen LogP) is -0.0234. The van der Waals surface area contributed by atoms with E-state index in [0.717, 1.165) is 0 Å². The van der Waals surface area contributed by atoms with Crippen molar-refractivity contribution in [3.63, 3.8) is 0 Å². The summed E-state index contributed by atoms with van der Waals surface area (Å²) < 4.78 is 10.7. The van der Waals surface area contributed by atoms with Gasteiger partial charge in [-0.2, -0.15) is 0 Å². The Kier molecular flexibility index (Phi) is 4.01. The fourth-order valence-corrected chi connectivity index (χ4v) is 1.63. The Labute approximate surface area is 105 Å². The Bertz CT molecular complexity index is 436. The highest BCUT2D eigenvalue weighted by Crippen LogP contribution is 2.31. The number of carbonyl (C=O) groups is 1. The molecular weight excluding hydrogens is 236 g/mol. The number of aliphatic hydroxyl groups excluding tert-OH is 1. The molecule has 6 heteroatoms. The van der Waals surface area contributed by atoms with E-state index in [2.05, 4.69) is 10.6 Å². The molecule has 1 aromatic carbocycles. The third-order valence-corrected chi connectivity index (χ3v) is 2.47. The molecule has 0 fully saturated rings. The zero-order chi connectivity index (χ0) is 13.0. The van der Waals surface area contributed by atoms with E-state index in [1.807, 2.05) is 0 Å². The van der Waals surface area contributed by atoms with Crippen LogP contribution in [0.15, 0.2) is 18.2 Å². The highest BCUT2D eigenvalue weighted by atomic mass is 16.5. The summed E-state index contributed by atoms with van der Waals surface area (Å²) in [6.45, 7) is 0.683. The van der Waals surface area contributed by atoms with Crippen LogP contribution in [-0.2, 0) is 4.79 Å². The Morgan fingerprint density at radius 1 is 1.61 bits per heavy atom. The first-order valence-corrected chi connectivity index (χ1v) is 5.71. The highest BCUT2D eigenvalue weighted by Gasteiger charge is 2.16. The standard InChI is InChI=1S/C12H16N2O4/c1-13-5-8(15)6-17-9-2-3-10-11(4-9)18-7-12(16)14-10/h2-4,8,13,15H,5-7H2,1H3,(H,14,16). The van der Waals surface area contributed by atoms with Gasteiger partial charge in [-0.3, -0.25) is 4.79 Å². The Morgan fingerprint density at radius 2 is 2.44 bits per heavy atom. The first-order valence-electron chi connectivity index (χ1n) is 5.71. The van der Waals surface area contributed by atoms with Gasteiger partial charge in [0.15, 0.2) is 6.61 Å². The quantitative estimate of drug-likeness (QED) is 0.686. The molecule has 0 spiro atoms. The van der Waals surface area contributed by atoms with Gasteiger partial charge < -0.3 is 25.2 Å². The second kappa shape index (κ2) is 5.70. The van der Waals surface area contributed by atoms with Gasteiger partial charge >= 0.3 is 0 Å². The van der Waals surface area contributed by atoms with E-state index in [1.165, 1.54) is 0 Å². The van der Waals surface area contributed by atoms with Crippen LogP contribution in [-0.4, -0.2) is 43.9 Å². The predicted molar refractivity (Wildman–Crippen MR) is 66.0 cm³/mol. The monoisotopic (exact) mass is 252 g/mol. The van der Waals surface area contributed by atoms with Crippen LogP contribution >= 0.6 is 0 Å². The number of hydrogen-bond donors (Lipinski definition) is 3. The van der Waals surface area contributed by atoms with Gasteiger partial charge in [0.05, 0.1) is 5.69 Å². The molecule has 98 valence electrons. The average Bonchev–Trinajstić information content (AvgIpc) is 2.36. The zero-order valence-electron chi connectivity index (χ0n) is 10.1. The van der Waals surface area contributed by atoms with Crippen molar-refractivity contribution in [3.05, 3.63) is 18.2 Å². The van der Waals surface area contributed by atoms with Crippen LogP contribution in [0, 0.1) is 0 Å². The normalized spacial score (nSPS) is 15.3. The number of benzene rings is 1. The van der Waals surface area contributed by atoms with Gasteiger partial charge in [0.2, 0.25) is 0 Å². The van der Waals surface area contributed by atoms with E-state index in [1.54, 1.807) is 25.2 Å². The number of fused-ring (bicyclic) bond motifs is 1. The molecule has 6 nitrogen and oxygen atoms in total. The van der Waals surface area contributed by atoms with Crippen LogP contribution in [0.4, 0.5) is 5.69 Å². The van der Waals surface area contributed by atoms with Crippen molar-refractivity contribution >= 4 is 11.6 Å². The molecule has 0 aromatic heterocycles. The number of carbonyl (C=O) groups excluding carboxylic acids is 1. The minimum absolute atomic E-state index is 0.0127. The Morgan fingerprint density at radius 3 is 3.22 bits per heavy atom. The number of amides is 1. The van der Waals surface area contributed by atoms with Gasteiger partial charge in [-0.25, -0.2) is 0 Å². The maximum Gasteiger partial charge on any atom is 0.262 e. The van der Waals surface area contributed by atoms with Gasteiger partial charge in [0.1, 0.15) is 24.2 Å². The van der Waals surface area contributed by atoms with Crippen LogP contribution < -0.4 is 20.1 Å². The van der Waals surface area contributed by atoms with Crippen molar-refractivity contribution in [2.24, 2.45) is 0 Å². The molecule has 1 heterocycles. The lowest BCUT2D eigenvalue weighted by molar-refractivity contribution is -0.118. The number of likely N-dealkylation sites (N-methyl/N-ethyl adjacent to an activating group) is 1. The third kappa shape index (κ3) is 3.12. The minimum Gasteiger partial charge on any atom is -0.491 e. The van der Waals surface area contributed by atoms with E-state index in [9.17, 15) is 9.90 Å². The van der Waals surface area contributed by atoms with E-state index < -0.39 is 6.10 Å². The molecule has 0 bridgehead atoms. The maximum atomic E-state index is 11.1. The highest BCUT2D eigenvalue weighted by molar-refractivity contribution is 5.95. The summed E-state index contributed by atoms with van der Waals surface area (Å²) >= 11 is 0. The number of hydrogen-bond acceptors (Lipinski definition) is 5. The molecule has 18 heavy (non-hydrogen) atoms. The molecule has 1 aliphatic heterocycles. The number of ether oxygens (including phenoxy) is 2. The largest absolute Gasteiger partial charge is 0.491 e. The van der Waals surface area contributed by atoms with Crippen molar-refractivity contribution < 1.29 is 19.4 Å². The molecule has 0 saturated heterocycles. The summed E-state index contributed by atoms with van der Waals surface area (Å²) in [6, 6.07) is 5.13. The molecule has 1 unspecified atom stereocenters. The Balaban J connectivity index is 1.97. The summed E-state index contributed by atoms with van der Waals surface area (Å²) in [7, 11) is 1.76. The van der Waals surface area contributed by atoms with Crippen molar-refractivity contribution in [1.82, 2.24) is 5.32 Å². The number of rotatable bonds is 5. The van der Waals surface area contributed by atoms with Crippen molar-refractivity contribution in [2.45, 2.75) is 6.10 Å². The molecular formula is C12H16N2O4. The SMILES string of the molecule is CNCC(O)COc1ccc2c(c1)OCC(=O)N2. The summed E-state index contributed by atoms with van der Waals surface area (Å²) in [4.78, 5) is 11.1. The van der Waals surface area contributed by atoms with Crippen molar-refractivity contribution in [1.29, 1.82) is 0 Å². The molecule has 1 amide bonds. The maximum absolute atomic E-state index is 11.1.